The highest BCUT2D eigenvalue weighted by atomic mass is 16.5. The predicted molar refractivity (Wildman–Crippen MR) is 120 cm³/mol. The lowest BCUT2D eigenvalue weighted by atomic mass is 9.84. The van der Waals surface area contributed by atoms with E-state index in [4.69, 9.17) is 14.9 Å². The topological polar surface area (TPSA) is 94.7 Å². The molecule has 0 spiro atoms. The molecule has 32 heavy (non-hydrogen) atoms. The number of rotatable bonds is 9. The van der Waals surface area contributed by atoms with E-state index in [-0.39, 0.29) is 29.5 Å². The summed E-state index contributed by atoms with van der Waals surface area (Å²) in [6.45, 7) is 10.9. The van der Waals surface area contributed by atoms with Crippen LogP contribution in [0.3, 0.4) is 0 Å². The summed E-state index contributed by atoms with van der Waals surface area (Å²) in [4.78, 5) is 13.2. The van der Waals surface area contributed by atoms with Crippen LogP contribution >= 0.6 is 0 Å². The SMILES string of the molecule is CCC(CC)Oc1ccc2n(n1)c(=N)[n-][n+]2CC(=O)c1cc(COC)cc(C(C)(C)C)c1. The maximum atomic E-state index is 13.2. The average molecular weight is 440 g/mol. The van der Waals surface area contributed by atoms with E-state index >= 15 is 0 Å². The Labute approximate surface area is 188 Å². The standard InChI is InChI=1S/C24H33N5O3/c1-7-19(8-2)32-21-9-10-22-28(27-23(25)29(22)26-21)14-20(30)17-11-16(15-31-6)12-18(13-17)24(3,4)5/h9-13,19,25H,7-8,14-15H2,1-6H3. The summed E-state index contributed by atoms with van der Waals surface area (Å²) in [5.74, 6) is 0.355. The van der Waals surface area contributed by atoms with Crippen molar-refractivity contribution in [2.24, 2.45) is 0 Å². The summed E-state index contributed by atoms with van der Waals surface area (Å²) >= 11 is 0. The van der Waals surface area contributed by atoms with Gasteiger partial charge in [0.15, 0.2) is 6.54 Å². The molecule has 0 aliphatic rings. The summed E-state index contributed by atoms with van der Waals surface area (Å²) in [7, 11) is 1.64. The Hall–Kier alpha value is -3.00. The number of nitrogens with zero attached hydrogens (tertiary/aromatic N) is 4. The monoisotopic (exact) mass is 439 g/mol. The number of methoxy groups -OCH3 is 1. The van der Waals surface area contributed by atoms with Crippen molar-refractivity contribution in [1.82, 2.24) is 14.7 Å². The smallest absolute Gasteiger partial charge is 0.317 e. The van der Waals surface area contributed by atoms with E-state index in [0.717, 1.165) is 24.0 Å². The van der Waals surface area contributed by atoms with Crippen molar-refractivity contribution in [1.29, 1.82) is 5.41 Å². The Morgan fingerprint density at radius 1 is 1.22 bits per heavy atom. The van der Waals surface area contributed by atoms with E-state index < -0.39 is 0 Å². The molecule has 0 unspecified atom stereocenters. The molecular weight excluding hydrogens is 406 g/mol. The van der Waals surface area contributed by atoms with Gasteiger partial charge in [-0.25, -0.2) is 0 Å². The lowest BCUT2D eigenvalue weighted by Gasteiger charge is -2.21. The van der Waals surface area contributed by atoms with Crippen molar-refractivity contribution in [2.75, 3.05) is 7.11 Å². The molecule has 0 saturated carbocycles. The lowest BCUT2D eigenvalue weighted by Crippen LogP contribution is -2.43. The summed E-state index contributed by atoms with van der Waals surface area (Å²) in [5, 5.41) is 16.8. The zero-order valence-corrected chi connectivity index (χ0v) is 19.8. The van der Waals surface area contributed by atoms with Crippen molar-refractivity contribution in [2.45, 2.75) is 72.1 Å². The molecule has 3 rings (SSSR count). The van der Waals surface area contributed by atoms with Gasteiger partial charge in [-0.1, -0.05) is 45.2 Å². The number of hydrogen-bond donors (Lipinski definition) is 1. The van der Waals surface area contributed by atoms with E-state index in [1.54, 1.807) is 19.2 Å². The van der Waals surface area contributed by atoms with Gasteiger partial charge in [-0.05, 0) is 46.6 Å². The van der Waals surface area contributed by atoms with Crippen molar-refractivity contribution in [3.05, 3.63) is 52.6 Å². The van der Waals surface area contributed by atoms with Crippen molar-refractivity contribution >= 4 is 11.4 Å². The first kappa shape index (κ1) is 23.7. The number of ketones is 1. The number of aromatic nitrogens is 4. The predicted octanol–water partition coefficient (Wildman–Crippen LogP) is 2.95. The van der Waals surface area contributed by atoms with E-state index in [1.807, 2.05) is 12.1 Å². The zero-order valence-electron chi connectivity index (χ0n) is 19.8. The Bertz CT molecular complexity index is 1150. The van der Waals surface area contributed by atoms with Gasteiger partial charge >= 0.3 is 5.65 Å². The lowest BCUT2D eigenvalue weighted by molar-refractivity contribution is -0.721. The quantitative estimate of drug-likeness (QED) is 0.409. The van der Waals surface area contributed by atoms with E-state index in [0.29, 0.717) is 23.7 Å². The van der Waals surface area contributed by atoms with Gasteiger partial charge in [0, 0.05) is 24.8 Å². The van der Waals surface area contributed by atoms with Crippen molar-refractivity contribution in [3.63, 3.8) is 0 Å². The van der Waals surface area contributed by atoms with Crippen molar-refractivity contribution in [3.8, 4) is 5.88 Å². The van der Waals surface area contributed by atoms with E-state index in [9.17, 15) is 4.79 Å². The first-order valence-electron chi connectivity index (χ1n) is 11.0. The minimum Gasteiger partial charge on any atom is -0.472 e. The van der Waals surface area contributed by atoms with E-state index in [2.05, 4.69) is 50.9 Å². The van der Waals surface area contributed by atoms with Crippen LogP contribution in [0.25, 0.3) is 5.65 Å². The fourth-order valence-electron chi connectivity index (χ4n) is 3.53. The molecule has 0 aliphatic heterocycles. The van der Waals surface area contributed by atoms with Gasteiger partial charge < -0.3 is 14.9 Å². The van der Waals surface area contributed by atoms with E-state index in [1.165, 1.54) is 9.20 Å². The fourth-order valence-corrected chi connectivity index (χ4v) is 3.53. The molecule has 8 heteroatoms. The molecule has 8 nitrogen and oxygen atoms in total. The van der Waals surface area contributed by atoms with Crippen LogP contribution in [0.1, 0.15) is 68.9 Å². The Morgan fingerprint density at radius 2 is 1.94 bits per heavy atom. The molecule has 0 aliphatic carbocycles. The number of Topliss-reactive ketones (excluding diaryl/α,β-unsaturated/α-hetero) is 1. The zero-order chi connectivity index (χ0) is 23.5. The van der Waals surface area contributed by atoms with Crippen LogP contribution in [0.2, 0.25) is 0 Å². The molecule has 0 saturated heterocycles. The summed E-state index contributed by atoms with van der Waals surface area (Å²) in [6.07, 6.45) is 1.82. The van der Waals surface area contributed by atoms with Gasteiger partial charge in [0.2, 0.25) is 11.4 Å². The number of nitrogens with one attached hydrogen (secondary N) is 1. The molecule has 2 aromatic heterocycles. The second-order valence-corrected chi connectivity index (χ2v) is 9.00. The van der Waals surface area contributed by atoms with Gasteiger partial charge in [0.1, 0.15) is 6.10 Å². The highest BCUT2D eigenvalue weighted by Crippen LogP contribution is 2.25. The number of fused-ring (bicyclic) bond motifs is 1. The second-order valence-electron chi connectivity index (χ2n) is 9.00. The van der Waals surface area contributed by atoms with Gasteiger partial charge in [-0.2, -0.15) is 9.78 Å². The van der Waals surface area contributed by atoms with Crippen LogP contribution in [0.4, 0.5) is 0 Å². The third-order valence-corrected chi connectivity index (χ3v) is 5.45. The average Bonchev–Trinajstić information content (AvgIpc) is 3.06. The number of benzene rings is 1. The molecule has 1 N–H and O–H groups in total. The van der Waals surface area contributed by atoms with Gasteiger partial charge in [-0.3, -0.25) is 4.79 Å². The number of ether oxygens (including phenoxy) is 2. The molecule has 1 aromatic carbocycles. The molecule has 3 aromatic rings. The third kappa shape index (κ3) is 5.24. The Balaban J connectivity index is 1.92. The van der Waals surface area contributed by atoms with Gasteiger partial charge in [-0.15, -0.1) is 0 Å². The number of hydrogen-bond acceptors (Lipinski definition) is 5. The normalized spacial score (nSPS) is 12.0. The largest absolute Gasteiger partial charge is 0.472 e. The van der Waals surface area contributed by atoms with Crippen molar-refractivity contribution < 1.29 is 19.0 Å². The molecule has 0 bridgehead atoms. The van der Waals surface area contributed by atoms with Crippen LogP contribution < -0.4 is 20.1 Å². The molecule has 0 fully saturated rings. The summed E-state index contributed by atoms with van der Waals surface area (Å²) in [6, 6.07) is 9.41. The molecule has 172 valence electrons. The fraction of sp³-hybridized carbons (Fsp3) is 0.500. The highest BCUT2D eigenvalue weighted by Gasteiger charge is 2.21. The first-order chi connectivity index (χ1) is 15.2. The Morgan fingerprint density at radius 3 is 2.56 bits per heavy atom. The summed E-state index contributed by atoms with van der Waals surface area (Å²) < 4.78 is 14.1. The molecule has 0 atom stereocenters. The van der Waals surface area contributed by atoms with Crippen LogP contribution in [0.5, 0.6) is 5.88 Å². The molecule has 2 heterocycles. The number of carbonyl (C=O) groups excluding carboxylic acids is 1. The maximum Gasteiger partial charge on any atom is 0.317 e. The van der Waals surface area contributed by atoms with Gasteiger partial charge in [0.25, 0.3) is 5.88 Å². The maximum absolute atomic E-state index is 13.2. The Kier molecular flexibility index (Phi) is 7.13. The third-order valence-electron chi connectivity index (χ3n) is 5.45. The molecule has 0 radical (unpaired) electrons. The number of carbonyl (C=O) groups is 1. The minimum atomic E-state index is -0.101. The highest BCUT2D eigenvalue weighted by molar-refractivity contribution is 5.95. The first-order valence-corrected chi connectivity index (χ1v) is 11.0. The summed E-state index contributed by atoms with van der Waals surface area (Å²) in [5.41, 5.74) is 3.04. The van der Waals surface area contributed by atoms with Crippen LogP contribution in [-0.4, -0.2) is 28.6 Å². The molecule has 0 amide bonds. The molecular formula is C24H33N5O3. The second kappa shape index (κ2) is 9.65. The van der Waals surface area contributed by atoms with Gasteiger partial charge in [0.05, 0.1) is 6.61 Å². The van der Waals surface area contributed by atoms with Crippen LogP contribution in [-0.2, 0) is 23.3 Å². The minimum absolute atomic E-state index is 0.0107. The van der Waals surface area contributed by atoms with Crippen LogP contribution in [0.15, 0.2) is 30.3 Å². The van der Waals surface area contributed by atoms with Crippen LogP contribution in [0, 0.1) is 5.41 Å².